The van der Waals surface area contributed by atoms with E-state index in [1.54, 1.807) is 6.20 Å². The Morgan fingerprint density at radius 2 is 2.32 bits per heavy atom. The highest BCUT2D eigenvalue weighted by Crippen LogP contribution is 2.25. The smallest absolute Gasteiger partial charge is 0.226 e. The second-order valence-electron chi connectivity index (χ2n) is 5.05. The minimum Gasteiger partial charge on any atom is -0.333 e. The van der Waals surface area contributed by atoms with Gasteiger partial charge in [-0.25, -0.2) is 0 Å². The zero-order valence-corrected chi connectivity index (χ0v) is 11.8. The second kappa shape index (κ2) is 6.66. The number of carbonyl (C=O) groups is 1. The topological polar surface area (TPSA) is 45.2 Å². The monoisotopic (exact) mass is 261 g/mol. The fourth-order valence-corrected chi connectivity index (χ4v) is 2.71. The molecule has 1 atom stereocenters. The molecule has 1 fully saturated rings. The maximum Gasteiger partial charge on any atom is 0.226 e. The Hall–Kier alpha value is -1.42. The van der Waals surface area contributed by atoms with Crippen molar-refractivity contribution in [3.8, 4) is 0 Å². The molecule has 0 radical (unpaired) electrons. The van der Waals surface area contributed by atoms with E-state index in [1.807, 2.05) is 17.2 Å². The van der Waals surface area contributed by atoms with Gasteiger partial charge in [-0.05, 0) is 24.5 Å². The van der Waals surface area contributed by atoms with Gasteiger partial charge in [-0.3, -0.25) is 9.78 Å². The van der Waals surface area contributed by atoms with Gasteiger partial charge in [-0.2, -0.15) is 0 Å². The van der Waals surface area contributed by atoms with Gasteiger partial charge >= 0.3 is 0 Å². The molecule has 4 nitrogen and oxygen atoms in total. The van der Waals surface area contributed by atoms with Gasteiger partial charge < -0.3 is 10.2 Å². The third-order valence-electron chi connectivity index (χ3n) is 3.93. The third kappa shape index (κ3) is 3.13. The zero-order chi connectivity index (χ0) is 13.7. The van der Waals surface area contributed by atoms with Gasteiger partial charge in [0.2, 0.25) is 5.91 Å². The highest BCUT2D eigenvalue weighted by Gasteiger charge is 2.30. The fraction of sp³-hybridized carbons (Fsp3) is 0.600. The highest BCUT2D eigenvalue weighted by atomic mass is 16.2. The molecule has 104 valence electrons. The molecule has 2 rings (SSSR count). The lowest BCUT2D eigenvalue weighted by Gasteiger charge is -2.38. The molecule has 1 aliphatic rings. The Balaban J connectivity index is 2.19. The van der Waals surface area contributed by atoms with E-state index in [4.69, 9.17) is 0 Å². The summed E-state index contributed by atoms with van der Waals surface area (Å²) in [7, 11) is 0. The predicted molar refractivity (Wildman–Crippen MR) is 75.6 cm³/mol. The van der Waals surface area contributed by atoms with Crippen molar-refractivity contribution in [1.82, 2.24) is 15.2 Å². The van der Waals surface area contributed by atoms with Crippen molar-refractivity contribution in [2.45, 2.75) is 32.7 Å². The van der Waals surface area contributed by atoms with Crippen molar-refractivity contribution in [2.24, 2.45) is 5.92 Å². The molecule has 4 heteroatoms. The van der Waals surface area contributed by atoms with Crippen molar-refractivity contribution in [1.29, 1.82) is 0 Å². The summed E-state index contributed by atoms with van der Waals surface area (Å²) >= 11 is 0. The first-order chi connectivity index (χ1) is 9.27. The molecule has 1 unspecified atom stereocenters. The quantitative estimate of drug-likeness (QED) is 0.901. The predicted octanol–water partition coefficient (Wildman–Crippen LogP) is 1.99. The van der Waals surface area contributed by atoms with E-state index >= 15 is 0 Å². The lowest BCUT2D eigenvalue weighted by atomic mass is 9.98. The Morgan fingerprint density at radius 3 is 2.95 bits per heavy atom. The van der Waals surface area contributed by atoms with Crippen LogP contribution in [0.25, 0.3) is 0 Å². The molecule has 1 aromatic heterocycles. The van der Waals surface area contributed by atoms with Gasteiger partial charge in [0.1, 0.15) is 0 Å². The van der Waals surface area contributed by atoms with Crippen LogP contribution in [-0.2, 0) is 4.79 Å². The molecule has 0 bridgehead atoms. The van der Waals surface area contributed by atoms with Crippen LogP contribution >= 0.6 is 0 Å². The molecule has 19 heavy (non-hydrogen) atoms. The molecular weight excluding hydrogens is 238 g/mol. The molecule has 1 aliphatic heterocycles. The average molecular weight is 261 g/mol. The van der Waals surface area contributed by atoms with Crippen molar-refractivity contribution in [3.05, 3.63) is 30.1 Å². The number of nitrogens with zero attached hydrogens (tertiary/aromatic N) is 2. The molecular formula is C15H23N3O. The highest BCUT2D eigenvalue weighted by molar-refractivity contribution is 5.79. The summed E-state index contributed by atoms with van der Waals surface area (Å²) in [6.07, 6.45) is 5.47. The minimum absolute atomic E-state index is 0.121. The van der Waals surface area contributed by atoms with Gasteiger partial charge in [0.15, 0.2) is 0 Å². The molecule has 0 spiro atoms. The number of amides is 1. The van der Waals surface area contributed by atoms with Crippen LogP contribution < -0.4 is 5.32 Å². The molecule has 0 aliphatic carbocycles. The summed E-state index contributed by atoms with van der Waals surface area (Å²) in [4.78, 5) is 18.8. The summed E-state index contributed by atoms with van der Waals surface area (Å²) < 4.78 is 0. The van der Waals surface area contributed by atoms with Crippen LogP contribution in [0.2, 0.25) is 0 Å². The SMILES string of the molecule is CCC(CC)C(=O)N1CCNCC1c1cccnc1. The molecule has 0 aromatic carbocycles. The van der Waals surface area contributed by atoms with Gasteiger partial charge in [0.25, 0.3) is 0 Å². The van der Waals surface area contributed by atoms with Crippen LogP contribution in [-0.4, -0.2) is 35.4 Å². The average Bonchev–Trinajstić information content (AvgIpc) is 2.49. The third-order valence-corrected chi connectivity index (χ3v) is 3.93. The van der Waals surface area contributed by atoms with Crippen LogP contribution in [0.5, 0.6) is 0 Å². The number of nitrogens with one attached hydrogen (secondary N) is 1. The zero-order valence-electron chi connectivity index (χ0n) is 11.8. The van der Waals surface area contributed by atoms with Gasteiger partial charge in [-0.1, -0.05) is 19.9 Å². The Labute approximate surface area is 115 Å². The van der Waals surface area contributed by atoms with Crippen molar-refractivity contribution in [3.63, 3.8) is 0 Å². The van der Waals surface area contributed by atoms with E-state index in [9.17, 15) is 4.79 Å². The second-order valence-corrected chi connectivity index (χ2v) is 5.05. The summed E-state index contributed by atoms with van der Waals surface area (Å²) in [5, 5.41) is 3.37. The normalized spacial score (nSPS) is 19.7. The van der Waals surface area contributed by atoms with Crippen LogP contribution in [0, 0.1) is 5.92 Å². The minimum atomic E-state index is 0.121. The first-order valence-electron chi connectivity index (χ1n) is 7.19. The Bertz CT molecular complexity index is 403. The number of piperazine rings is 1. The Morgan fingerprint density at radius 1 is 1.53 bits per heavy atom. The van der Waals surface area contributed by atoms with Gasteiger partial charge in [0.05, 0.1) is 6.04 Å². The van der Waals surface area contributed by atoms with Crippen molar-refractivity contribution < 1.29 is 4.79 Å². The molecule has 1 saturated heterocycles. The lowest BCUT2D eigenvalue weighted by molar-refractivity contribution is -0.139. The van der Waals surface area contributed by atoms with Gasteiger partial charge in [-0.15, -0.1) is 0 Å². The maximum atomic E-state index is 12.6. The molecule has 1 N–H and O–H groups in total. The number of rotatable bonds is 4. The number of pyridine rings is 1. The van der Waals surface area contributed by atoms with Crippen molar-refractivity contribution in [2.75, 3.05) is 19.6 Å². The number of hydrogen-bond acceptors (Lipinski definition) is 3. The Kier molecular flexibility index (Phi) is 4.91. The molecule has 1 aromatic rings. The maximum absolute atomic E-state index is 12.6. The molecule has 0 saturated carbocycles. The first kappa shape index (κ1) is 14.0. The van der Waals surface area contributed by atoms with Crippen LogP contribution in [0.1, 0.15) is 38.3 Å². The van der Waals surface area contributed by atoms with Gasteiger partial charge in [0, 0.05) is 37.9 Å². The van der Waals surface area contributed by atoms with Crippen LogP contribution in [0.4, 0.5) is 0 Å². The van der Waals surface area contributed by atoms with E-state index in [0.717, 1.165) is 38.0 Å². The first-order valence-corrected chi connectivity index (χ1v) is 7.19. The summed E-state index contributed by atoms with van der Waals surface area (Å²) in [5.74, 6) is 0.442. The molecule has 1 amide bonds. The molecule has 2 heterocycles. The van der Waals surface area contributed by atoms with Crippen LogP contribution in [0.15, 0.2) is 24.5 Å². The van der Waals surface area contributed by atoms with E-state index in [1.165, 1.54) is 0 Å². The fourth-order valence-electron chi connectivity index (χ4n) is 2.71. The lowest BCUT2D eigenvalue weighted by Crippen LogP contribution is -2.50. The summed E-state index contributed by atoms with van der Waals surface area (Å²) in [6, 6.07) is 4.11. The van der Waals surface area contributed by atoms with E-state index in [2.05, 4.69) is 30.2 Å². The van der Waals surface area contributed by atoms with Crippen LogP contribution in [0.3, 0.4) is 0 Å². The summed E-state index contributed by atoms with van der Waals surface area (Å²) in [5.41, 5.74) is 1.12. The standard InChI is InChI=1S/C15H23N3O/c1-3-12(4-2)15(19)18-9-8-17-11-14(18)13-6-5-7-16-10-13/h5-7,10,12,14,17H,3-4,8-9,11H2,1-2H3. The van der Waals surface area contributed by atoms with Crippen molar-refractivity contribution >= 4 is 5.91 Å². The van der Waals surface area contributed by atoms with E-state index in [-0.39, 0.29) is 12.0 Å². The summed E-state index contributed by atoms with van der Waals surface area (Å²) in [6.45, 7) is 6.66. The van der Waals surface area contributed by atoms with E-state index < -0.39 is 0 Å². The van der Waals surface area contributed by atoms with E-state index in [0.29, 0.717) is 5.91 Å². The number of aromatic nitrogens is 1. The largest absolute Gasteiger partial charge is 0.333 e. The number of hydrogen-bond donors (Lipinski definition) is 1. The number of carbonyl (C=O) groups excluding carboxylic acids is 1.